The van der Waals surface area contributed by atoms with E-state index in [2.05, 4.69) is 15.4 Å². The van der Waals surface area contributed by atoms with E-state index in [0.29, 0.717) is 0 Å². The third kappa shape index (κ3) is 6.96. The van der Waals surface area contributed by atoms with Crippen LogP contribution in [-0.4, -0.2) is 44.2 Å². The molecule has 4 aromatic rings. The molecule has 8 nitrogen and oxygen atoms in total. The lowest BCUT2D eigenvalue weighted by Gasteiger charge is -2.26. The molecular formula is C28H32N4O4S2. The molecule has 0 aliphatic rings. The van der Waals surface area contributed by atoms with Gasteiger partial charge in [-0.05, 0) is 52.6 Å². The van der Waals surface area contributed by atoms with Crippen LogP contribution in [0.2, 0.25) is 0 Å². The molecule has 10 heteroatoms. The molecule has 1 aromatic heterocycles. The van der Waals surface area contributed by atoms with Crippen molar-refractivity contribution in [2.24, 2.45) is 5.73 Å². The van der Waals surface area contributed by atoms with Crippen LogP contribution in [0.1, 0.15) is 25.0 Å². The molecule has 2 atom stereocenters. The normalized spacial score (nSPS) is 13.8. The summed E-state index contributed by atoms with van der Waals surface area (Å²) in [5.41, 5.74) is 6.57. The summed E-state index contributed by atoms with van der Waals surface area (Å²) in [6, 6.07) is 20.4. The summed E-state index contributed by atoms with van der Waals surface area (Å²) < 4.78 is 28.0. The highest BCUT2D eigenvalue weighted by atomic mass is 32.2. The van der Waals surface area contributed by atoms with Gasteiger partial charge in [0.05, 0.1) is 18.0 Å². The largest absolute Gasteiger partial charge is 0.342 e. The van der Waals surface area contributed by atoms with Gasteiger partial charge in [-0.1, -0.05) is 60.7 Å². The number of carbonyl (C=O) groups excluding carboxylic acids is 2. The summed E-state index contributed by atoms with van der Waals surface area (Å²) in [5.74, 6) is -1.00. The fraction of sp³-hybridized carbons (Fsp3) is 0.286. The van der Waals surface area contributed by atoms with Gasteiger partial charge in [0.2, 0.25) is 21.8 Å². The molecule has 0 unspecified atom stereocenters. The quantitative estimate of drug-likeness (QED) is 0.225. The van der Waals surface area contributed by atoms with Crippen molar-refractivity contribution < 1.29 is 18.0 Å². The fourth-order valence-corrected chi connectivity index (χ4v) is 5.94. The number of sulfonamides is 1. The Morgan fingerprint density at radius 1 is 0.895 bits per heavy atom. The molecule has 1 heterocycles. The van der Waals surface area contributed by atoms with Crippen molar-refractivity contribution in [2.45, 2.75) is 44.4 Å². The second kappa shape index (κ2) is 11.2. The van der Waals surface area contributed by atoms with Crippen LogP contribution in [0.15, 0.2) is 72.1 Å². The van der Waals surface area contributed by atoms with Gasteiger partial charge in [0.15, 0.2) is 0 Å². The van der Waals surface area contributed by atoms with Crippen LogP contribution in [-0.2, 0) is 32.5 Å². The molecule has 0 aliphatic carbocycles. The second-order valence-corrected chi connectivity index (χ2v) is 12.7. The number of benzene rings is 3. The smallest absolute Gasteiger partial charge is 0.244 e. The molecule has 0 bridgehead atoms. The Balaban J connectivity index is 1.63. The van der Waals surface area contributed by atoms with Crippen LogP contribution in [0.25, 0.3) is 20.9 Å². The number of carbonyl (C=O) groups is 2. The number of hydrogen-bond acceptors (Lipinski definition) is 6. The minimum Gasteiger partial charge on any atom is -0.342 e. The number of nitrogens with one attached hydrogen (secondary N) is 3. The average Bonchev–Trinajstić information content (AvgIpc) is 3.25. The lowest BCUT2D eigenvalue weighted by molar-refractivity contribution is -0.131. The third-order valence-corrected chi connectivity index (χ3v) is 7.89. The van der Waals surface area contributed by atoms with Crippen molar-refractivity contribution in [3.05, 3.63) is 83.2 Å². The van der Waals surface area contributed by atoms with Crippen molar-refractivity contribution >= 4 is 54.0 Å². The molecule has 5 N–H and O–H groups in total. The van der Waals surface area contributed by atoms with E-state index >= 15 is 0 Å². The van der Waals surface area contributed by atoms with Crippen LogP contribution < -0.4 is 21.1 Å². The van der Waals surface area contributed by atoms with Gasteiger partial charge >= 0.3 is 0 Å². The minimum absolute atomic E-state index is 0.213. The Morgan fingerprint density at radius 3 is 2.26 bits per heavy atom. The van der Waals surface area contributed by atoms with Crippen molar-refractivity contribution in [2.75, 3.05) is 6.26 Å². The van der Waals surface area contributed by atoms with E-state index in [4.69, 9.17) is 5.73 Å². The number of nitrogens with two attached hydrogens (primary N) is 1. The zero-order valence-corrected chi connectivity index (χ0v) is 23.2. The van der Waals surface area contributed by atoms with Gasteiger partial charge in [-0.3, -0.25) is 9.59 Å². The first kappa shape index (κ1) is 27.7. The predicted octanol–water partition coefficient (Wildman–Crippen LogP) is 3.05. The Morgan fingerprint density at radius 2 is 1.55 bits per heavy atom. The Bertz CT molecular complexity index is 1570. The van der Waals surface area contributed by atoms with Crippen LogP contribution in [0, 0.1) is 0 Å². The lowest BCUT2D eigenvalue weighted by Crippen LogP contribution is -2.59. The van der Waals surface area contributed by atoms with Crippen molar-refractivity contribution in [1.82, 2.24) is 15.4 Å². The van der Waals surface area contributed by atoms with Crippen LogP contribution in [0.5, 0.6) is 0 Å². The number of thiophene rings is 1. The summed E-state index contributed by atoms with van der Waals surface area (Å²) in [6.45, 7) is 3.12. The molecule has 0 fully saturated rings. The first-order valence-electron chi connectivity index (χ1n) is 12.2. The molecule has 2 amide bonds. The number of fused-ring (bicyclic) bond motifs is 2. The van der Waals surface area contributed by atoms with Crippen molar-refractivity contribution in [1.29, 1.82) is 0 Å². The van der Waals surface area contributed by atoms with Crippen molar-refractivity contribution in [3.63, 3.8) is 0 Å². The van der Waals surface area contributed by atoms with E-state index < -0.39 is 39.6 Å². The summed E-state index contributed by atoms with van der Waals surface area (Å²) >= 11 is 1.56. The molecule has 0 radical (unpaired) electrons. The van der Waals surface area contributed by atoms with Crippen LogP contribution >= 0.6 is 11.3 Å². The maximum atomic E-state index is 13.6. The van der Waals surface area contributed by atoms with Gasteiger partial charge in [-0.15, -0.1) is 11.3 Å². The molecule has 0 saturated carbocycles. The van der Waals surface area contributed by atoms with Gasteiger partial charge in [0.1, 0.15) is 6.04 Å². The molecule has 3 aromatic carbocycles. The lowest BCUT2D eigenvalue weighted by atomic mass is 10.00. The van der Waals surface area contributed by atoms with Gasteiger partial charge in [0.25, 0.3) is 0 Å². The molecule has 0 saturated heterocycles. The van der Waals surface area contributed by atoms with Gasteiger partial charge in [-0.2, -0.15) is 4.72 Å². The average molecular weight is 553 g/mol. The van der Waals surface area contributed by atoms with Gasteiger partial charge in [-0.25, -0.2) is 8.42 Å². The van der Waals surface area contributed by atoms with E-state index in [1.807, 2.05) is 72.1 Å². The number of rotatable bonds is 10. The monoisotopic (exact) mass is 552 g/mol. The van der Waals surface area contributed by atoms with E-state index in [1.165, 1.54) is 0 Å². The molecule has 200 valence electrons. The summed E-state index contributed by atoms with van der Waals surface area (Å²) in [5, 5.41) is 10.5. The predicted molar refractivity (Wildman–Crippen MR) is 153 cm³/mol. The third-order valence-electron chi connectivity index (χ3n) is 6.17. The molecular weight excluding hydrogens is 520 g/mol. The minimum atomic E-state index is -3.66. The SMILES string of the molecule is CC(C)(N)C(=O)N[C@H](Cc1csc2ccccc12)C(=O)N[C@@H](Cc1cccc2ccccc12)NS(C)(=O)=O. The van der Waals surface area contributed by atoms with E-state index in [0.717, 1.165) is 38.2 Å². The summed E-state index contributed by atoms with van der Waals surface area (Å²) in [4.78, 5) is 26.4. The summed E-state index contributed by atoms with van der Waals surface area (Å²) in [6.07, 6.45) is 0.540. The molecule has 38 heavy (non-hydrogen) atoms. The Labute approximate surface area is 226 Å². The fourth-order valence-electron chi connectivity index (χ4n) is 4.31. The highest BCUT2D eigenvalue weighted by molar-refractivity contribution is 7.88. The number of amides is 2. The van der Waals surface area contributed by atoms with Gasteiger partial charge in [0, 0.05) is 17.5 Å². The highest BCUT2D eigenvalue weighted by Gasteiger charge is 2.30. The van der Waals surface area contributed by atoms with Crippen LogP contribution in [0.3, 0.4) is 0 Å². The molecule has 0 spiro atoms. The van der Waals surface area contributed by atoms with Crippen molar-refractivity contribution in [3.8, 4) is 0 Å². The molecule has 4 rings (SSSR count). The maximum absolute atomic E-state index is 13.6. The van der Waals surface area contributed by atoms with E-state index in [-0.39, 0.29) is 12.8 Å². The zero-order valence-electron chi connectivity index (χ0n) is 21.5. The van der Waals surface area contributed by atoms with Crippen LogP contribution in [0.4, 0.5) is 0 Å². The highest BCUT2D eigenvalue weighted by Crippen LogP contribution is 2.27. The first-order valence-corrected chi connectivity index (χ1v) is 15.0. The number of hydrogen-bond donors (Lipinski definition) is 4. The first-order chi connectivity index (χ1) is 17.9. The standard InChI is InChI=1S/C28H32N4O4S2/c1-28(2,29)27(34)30-23(15-20-17-37-24-14-7-6-13-22(20)24)26(33)31-25(32-38(3,35)36)16-19-11-8-10-18-9-4-5-12-21(18)19/h4-14,17,23,25,32H,15-16,29H2,1-3H3,(H,30,34)(H,31,33)/t23-,25-/m1/s1. The van der Waals surface area contributed by atoms with E-state index in [9.17, 15) is 18.0 Å². The maximum Gasteiger partial charge on any atom is 0.244 e. The zero-order chi connectivity index (χ0) is 27.5. The van der Waals surface area contributed by atoms with Gasteiger partial charge < -0.3 is 16.4 Å². The second-order valence-electron chi connectivity index (χ2n) is 10.0. The van der Waals surface area contributed by atoms with E-state index in [1.54, 1.807) is 25.2 Å². The Hall–Kier alpha value is -3.31. The molecule has 0 aliphatic heterocycles. The Kier molecular flexibility index (Phi) is 8.17. The summed E-state index contributed by atoms with van der Waals surface area (Å²) in [7, 11) is -3.66. The topological polar surface area (TPSA) is 130 Å².